The van der Waals surface area contributed by atoms with E-state index >= 15 is 0 Å². The Kier molecular flexibility index (Phi) is 3.14. The van der Waals surface area contributed by atoms with Crippen LogP contribution in [-0.4, -0.2) is 22.4 Å². The second-order valence-corrected chi connectivity index (χ2v) is 4.67. The molecule has 0 amide bonds. The van der Waals surface area contributed by atoms with Gasteiger partial charge in [0.05, 0.1) is 12.7 Å². The quantitative estimate of drug-likeness (QED) is 0.497. The summed E-state index contributed by atoms with van der Waals surface area (Å²) in [6.07, 6.45) is 1.17. The molecule has 0 spiro atoms. The summed E-state index contributed by atoms with van der Waals surface area (Å²) in [6, 6.07) is 7.62. The van der Waals surface area contributed by atoms with Gasteiger partial charge in [-0.1, -0.05) is 12.1 Å². The number of rotatable bonds is 2. The van der Waals surface area contributed by atoms with E-state index in [4.69, 9.17) is 9.15 Å². The van der Waals surface area contributed by atoms with Gasteiger partial charge < -0.3 is 24.5 Å². The average molecular weight is 300 g/mol. The molecular formula is C16H12O6. The van der Waals surface area contributed by atoms with E-state index in [0.29, 0.717) is 11.3 Å². The molecule has 2 aromatic carbocycles. The molecule has 6 heteroatoms. The molecule has 1 heterocycles. The first kappa shape index (κ1) is 13.8. The standard InChI is InChI=1S/C16H12O6/c1-21-9-4-2-8(3-5-9)10-7-22-16-13(14(10)19)11(17)6-12(18)15(16)20/h2-7,17-18,20H,1H3. The molecular weight excluding hydrogens is 288 g/mol. The number of phenols is 3. The zero-order valence-electron chi connectivity index (χ0n) is 11.5. The second-order valence-electron chi connectivity index (χ2n) is 4.67. The lowest BCUT2D eigenvalue weighted by atomic mass is 10.0. The van der Waals surface area contributed by atoms with Crippen molar-refractivity contribution in [3.05, 3.63) is 46.8 Å². The summed E-state index contributed by atoms with van der Waals surface area (Å²) in [5.41, 5.74) is 0.0120. The van der Waals surface area contributed by atoms with Gasteiger partial charge in [-0.15, -0.1) is 0 Å². The molecule has 3 N–H and O–H groups in total. The fourth-order valence-corrected chi connectivity index (χ4v) is 2.23. The van der Waals surface area contributed by atoms with Gasteiger partial charge in [0.1, 0.15) is 23.1 Å². The maximum atomic E-state index is 12.5. The van der Waals surface area contributed by atoms with Crippen LogP contribution in [0.1, 0.15) is 0 Å². The zero-order valence-corrected chi connectivity index (χ0v) is 11.5. The first-order valence-corrected chi connectivity index (χ1v) is 6.36. The van der Waals surface area contributed by atoms with E-state index in [-0.39, 0.29) is 16.5 Å². The second kappa shape index (κ2) is 5.00. The van der Waals surface area contributed by atoms with Crippen LogP contribution in [0.5, 0.6) is 23.0 Å². The molecule has 3 rings (SSSR count). The zero-order chi connectivity index (χ0) is 15.9. The molecule has 0 unspecified atom stereocenters. The molecule has 0 bridgehead atoms. The van der Waals surface area contributed by atoms with Gasteiger partial charge in [-0.25, -0.2) is 0 Å². The summed E-state index contributed by atoms with van der Waals surface area (Å²) in [7, 11) is 1.53. The van der Waals surface area contributed by atoms with Gasteiger partial charge in [-0.3, -0.25) is 4.79 Å². The Labute approximate surface area is 124 Å². The number of hydrogen-bond acceptors (Lipinski definition) is 6. The van der Waals surface area contributed by atoms with Crippen LogP contribution in [0.25, 0.3) is 22.1 Å². The normalized spacial score (nSPS) is 10.8. The Morgan fingerprint density at radius 1 is 1.05 bits per heavy atom. The number of aromatic hydroxyl groups is 3. The molecule has 6 nitrogen and oxygen atoms in total. The van der Waals surface area contributed by atoms with Gasteiger partial charge in [-0.2, -0.15) is 0 Å². The van der Waals surface area contributed by atoms with Crippen molar-refractivity contribution in [2.24, 2.45) is 0 Å². The van der Waals surface area contributed by atoms with Crippen LogP contribution in [0, 0.1) is 0 Å². The first-order valence-electron chi connectivity index (χ1n) is 6.36. The van der Waals surface area contributed by atoms with Crippen LogP contribution in [0.3, 0.4) is 0 Å². The molecule has 22 heavy (non-hydrogen) atoms. The number of benzene rings is 2. The fourth-order valence-electron chi connectivity index (χ4n) is 2.23. The third-order valence-corrected chi connectivity index (χ3v) is 3.38. The van der Waals surface area contributed by atoms with E-state index in [2.05, 4.69) is 0 Å². The number of hydrogen-bond donors (Lipinski definition) is 3. The van der Waals surface area contributed by atoms with Crippen molar-refractivity contribution in [1.29, 1.82) is 0 Å². The summed E-state index contributed by atoms with van der Waals surface area (Å²) in [6.45, 7) is 0. The summed E-state index contributed by atoms with van der Waals surface area (Å²) in [5, 5.41) is 28.8. The lowest BCUT2D eigenvalue weighted by Crippen LogP contribution is -2.05. The minimum atomic E-state index is -0.591. The molecule has 3 aromatic rings. The highest BCUT2D eigenvalue weighted by atomic mass is 16.5. The third-order valence-electron chi connectivity index (χ3n) is 3.38. The number of methoxy groups -OCH3 is 1. The Bertz CT molecular complexity index is 909. The van der Waals surface area contributed by atoms with Gasteiger partial charge in [0.2, 0.25) is 11.2 Å². The van der Waals surface area contributed by atoms with Crippen molar-refractivity contribution >= 4 is 11.0 Å². The van der Waals surface area contributed by atoms with Crippen LogP contribution < -0.4 is 10.2 Å². The molecule has 0 aliphatic heterocycles. The predicted molar refractivity (Wildman–Crippen MR) is 79.5 cm³/mol. The van der Waals surface area contributed by atoms with Crippen LogP contribution in [-0.2, 0) is 0 Å². The first-order chi connectivity index (χ1) is 10.5. The molecule has 0 aliphatic carbocycles. The minimum Gasteiger partial charge on any atom is -0.507 e. The Hall–Kier alpha value is -3.15. The maximum absolute atomic E-state index is 12.5. The van der Waals surface area contributed by atoms with E-state index in [1.165, 1.54) is 13.4 Å². The molecule has 0 saturated carbocycles. The lowest BCUT2D eigenvalue weighted by Gasteiger charge is -2.07. The largest absolute Gasteiger partial charge is 0.507 e. The van der Waals surface area contributed by atoms with Crippen LogP contribution >= 0.6 is 0 Å². The highest BCUT2D eigenvalue weighted by Gasteiger charge is 2.18. The van der Waals surface area contributed by atoms with Crippen molar-refractivity contribution in [2.75, 3.05) is 7.11 Å². The van der Waals surface area contributed by atoms with Gasteiger partial charge in [-0.05, 0) is 17.7 Å². The Morgan fingerprint density at radius 2 is 1.73 bits per heavy atom. The topological polar surface area (TPSA) is 100 Å². The number of fused-ring (bicyclic) bond motifs is 1. The SMILES string of the molecule is COc1ccc(-c2coc3c(O)c(O)cc(O)c3c2=O)cc1. The lowest BCUT2D eigenvalue weighted by molar-refractivity contribution is 0.393. The van der Waals surface area contributed by atoms with Crippen molar-refractivity contribution in [3.8, 4) is 34.1 Å². The van der Waals surface area contributed by atoms with Crippen molar-refractivity contribution in [2.45, 2.75) is 0 Å². The van der Waals surface area contributed by atoms with Gasteiger partial charge in [0, 0.05) is 6.07 Å². The summed E-state index contributed by atoms with van der Waals surface area (Å²) < 4.78 is 10.3. The van der Waals surface area contributed by atoms with Gasteiger partial charge in [0.15, 0.2) is 11.3 Å². The molecule has 112 valence electrons. The molecule has 0 fully saturated rings. The Balaban J connectivity index is 2.28. The van der Waals surface area contributed by atoms with Crippen LogP contribution in [0.15, 0.2) is 45.8 Å². The number of phenolic OH excluding ortho intramolecular Hbond substituents is 3. The van der Waals surface area contributed by atoms with Crippen molar-refractivity contribution in [1.82, 2.24) is 0 Å². The van der Waals surface area contributed by atoms with E-state index in [9.17, 15) is 20.1 Å². The monoisotopic (exact) mass is 300 g/mol. The van der Waals surface area contributed by atoms with E-state index < -0.39 is 22.7 Å². The van der Waals surface area contributed by atoms with Gasteiger partial charge in [0.25, 0.3) is 0 Å². The fraction of sp³-hybridized carbons (Fsp3) is 0.0625. The van der Waals surface area contributed by atoms with Gasteiger partial charge >= 0.3 is 0 Å². The summed E-state index contributed by atoms with van der Waals surface area (Å²) >= 11 is 0. The van der Waals surface area contributed by atoms with E-state index in [1.807, 2.05) is 0 Å². The smallest absolute Gasteiger partial charge is 0.204 e. The number of ether oxygens (including phenoxy) is 1. The van der Waals surface area contributed by atoms with E-state index in [1.54, 1.807) is 24.3 Å². The predicted octanol–water partition coefficient (Wildman–Crippen LogP) is 2.59. The highest BCUT2D eigenvalue weighted by Crippen LogP contribution is 2.38. The third kappa shape index (κ3) is 2.01. The molecule has 0 atom stereocenters. The molecule has 0 radical (unpaired) electrons. The summed E-state index contributed by atoms with van der Waals surface area (Å²) in [5.74, 6) is -0.981. The molecule has 0 aliphatic rings. The molecule has 0 saturated heterocycles. The van der Waals surface area contributed by atoms with E-state index in [0.717, 1.165) is 6.07 Å². The Morgan fingerprint density at radius 3 is 2.36 bits per heavy atom. The van der Waals surface area contributed by atoms with Crippen LogP contribution in [0.2, 0.25) is 0 Å². The van der Waals surface area contributed by atoms with Crippen molar-refractivity contribution < 1.29 is 24.5 Å². The summed E-state index contributed by atoms with van der Waals surface area (Å²) in [4.78, 5) is 12.5. The average Bonchev–Trinajstić information content (AvgIpc) is 2.52. The van der Waals surface area contributed by atoms with Crippen LogP contribution in [0.4, 0.5) is 0 Å². The van der Waals surface area contributed by atoms with Crippen molar-refractivity contribution in [3.63, 3.8) is 0 Å². The molecule has 1 aromatic heterocycles. The minimum absolute atomic E-state index is 0.191. The highest BCUT2D eigenvalue weighted by molar-refractivity contribution is 5.92. The maximum Gasteiger partial charge on any atom is 0.204 e.